The molecule has 1 fully saturated rings. The van der Waals surface area contributed by atoms with Gasteiger partial charge in [-0.2, -0.15) is 0 Å². The molecule has 1 unspecified atom stereocenters. The number of nitrogens with zero attached hydrogens (tertiary/aromatic N) is 4. The maximum absolute atomic E-state index is 4.56. The molecule has 2 aromatic carbocycles. The van der Waals surface area contributed by atoms with Gasteiger partial charge in [-0.1, -0.05) is 60.7 Å². The zero-order chi connectivity index (χ0) is 18.8. The van der Waals surface area contributed by atoms with E-state index < -0.39 is 0 Å². The van der Waals surface area contributed by atoms with E-state index in [2.05, 4.69) is 91.0 Å². The van der Waals surface area contributed by atoms with Gasteiger partial charge in [0.25, 0.3) is 0 Å². The number of nitrogens with one attached hydrogen (secondary N) is 2. The molecule has 2 N–H and O–H groups in total. The Morgan fingerprint density at radius 3 is 2.21 bits per heavy atom. The summed E-state index contributed by atoms with van der Waals surface area (Å²) in [5.41, 5.74) is 2.64. The fourth-order valence-corrected chi connectivity index (χ4v) is 4.40. The monoisotopic (exact) mass is 374 g/mol. The third kappa shape index (κ3) is 3.35. The van der Waals surface area contributed by atoms with E-state index in [1.807, 2.05) is 0 Å². The van der Waals surface area contributed by atoms with Crippen molar-refractivity contribution in [1.82, 2.24) is 30.3 Å². The van der Waals surface area contributed by atoms with E-state index in [0.29, 0.717) is 0 Å². The van der Waals surface area contributed by atoms with Gasteiger partial charge in [-0.3, -0.25) is 4.90 Å². The fourth-order valence-electron chi connectivity index (χ4n) is 4.40. The Kier molecular flexibility index (Phi) is 4.91. The average Bonchev–Trinajstić information content (AvgIpc) is 3.19. The summed E-state index contributed by atoms with van der Waals surface area (Å²) in [6.07, 6.45) is 0. The van der Waals surface area contributed by atoms with Crippen LogP contribution in [0.4, 0.5) is 0 Å². The van der Waals surface area contributed by atoms with Gasteiger partial charge in [0.15, 0.2) is 5.82 Å². The number of benzene rings is 2. The van der Waals surface area contributed by atoms with Crippen LogP contribution < -0.4 is 10.6 Å². The summed E-state index contributed by atoms with van der Waals surface area (Å²) in [7, 11) is 0. The Bertz CT molecular complexity index is 862. The first-order valence-corrected chi connectivity index (χ1v) is 10.1. The minimum absolute atomic E-state index is 0.228. The summed E-state index contributed by atoms with van der Waals surface area (Å²) >= 11 is 0. The Labute approximate surface area is 165 Å². The van der Waals surface area contributed by atoms with Crippen molar-refractivity contribution in [3.05, 3.63) is 83.4 Å². The molecule has 3 aromatic rings. The number of hydrogen-bond donors (Lipinski definition) is 2. The summed E-state index contributed by atoms with van der Waals surface area (Å²) in [4.78, 5) is 2.52. The summed E-state index contributed by atoms with van der Waals surface area (Å²) in [5.74, 6) is 2.13. The summed E-state index contributed by atoms with van der Waals surface area (Å²) in [6.45, 7) is 5.61. The van der Waals surface area contributed by atoms with Crippen LogP contribution in [0.25, 0.3) is 0 Å². The predicted octanol–water partition coefficient (Wildman–Crippen LogP) is 2.12. The molecule has 0 radical (unpaired) electrons. The molecule has 3 heterocycles. The second kappa shape index (κ2) is 7.83. The van der Waals surface area contributed by atoms with Gasteiger partial charge in [0.2, 0.25) is 0 Å². The van der Waals surface area contributed by atoms with Gasteiger partial charge in [0, 0.05) is 32.7 Å². The number of aromatic nitrogens is 3. The van der Waals surface area contributed by atoms with Crippen molar-refractivity contribution in [2.24, 2.45) is 0 Å². The van der Waals surface area contributed by atoms with Gasteiger partial charge in [-0.25, -0.2) is 0 Å². The number of piperazine rings is 1. The van der Waals surface area contributed by atoms with Gasteiger partial charge in [-0.15, -0.1) is 10.2 Å². The number of rotatable bonds is 4. The van der Waals surface area contributed by atoms with Crippen molar-refractivity contribution < 1.29 is 0 Å². The summed E-state index contributed by atoms with van der Waals surface area (Å²) in [6, 6.07) is 22.0. The Morgan fingerprint density at radius 1 is 0.857 bits per heavy atom. The van der Waals surface area contributed by atoms with Crippen molar-refractivity contribution in [2.45, 2.75) is 25.2 Å². The molecule has 1 saturated heterocycles. The van der Waals surface area contributed by atoms with E-state index in [0.717, 1.165) is 50.9 Å². The minimum atomic E-state index is 0.228. The standard InChI is InChI=1S/C22H26N6/c1-3-7-17(8-4-1)21(18-9-5-2-6-10-18)27-13-14-28-20(16-27)25-26-22(28)19-15-23-11-12-24-19/h1-10,19,21,23-24H,11-16H2. The molecule has 28 heavy (non-hydrogen) atoms. The zero-order valence-corrected chi connectivity index (χ0v) is 16.0. The van der Waals surface area contributed by atoms with E-state index >= 15 is 0 Å². The quantitative estimate of drug-likeness (QED) is 0.733. The highest BCUT2D eigenvalue weighted by Crippen LogP contribution is 2.31. The Balaban J connectivity index is 1.44. The van der Waals surface area contributed by atoms with Crippen LogP contribution in [0.3, 0.4) is 0 Å². The van der Waals surface area contributed by atoms with Gasteiger partial charge in [0.1, 0.15) is 5.82 Å². The van der Waals surface area contributed by atoms with E-state index in [1.54, 1.807) is 0 Å². The lowest BCUT2D eigenvalue weighted by molar-refractivity contribution is 0.173. The van der Waals surface area contributed by atoms with Crippen LogP contribution in [0, 0.1) is 0 Å². The van der Waals surface area contributed by atoms with Gasteiger partial charge >= 0.3 is 0 Å². The first-order valence-electron chi connectivity index (χ1n) is 10.1. The van der Waals surface area contributed by atoms with Crippen LogP contribution in [0.1, 0.15) is 34.9 Å². The highest BCUT2D eigenvalue weighted by Gasteiger charge is 2.30. The molecule has 0 aliphatic carbocycles. The van der Waals surface area contributed by atoms with Gasteiger partial charge < -0.3 is 15.2 Å². The molecule has 144 valence electrons. The van der Waals surface area contributed by atoms with Crippen LogP contribution in [0.2, 0.25) is 0 Å². The first-order chi connectivity index (χ1) is 13.9. The third-order valence-electron chi connectivity index (χ3n) is 5.76. The van der Waals surface area contributed by atoms with Crippen LogP contribution in [0.15, 0.2) is 60.7 Å². The molecule has 1 atom stereocenters. The molecule has 6 nitrogen and oxygen atoms in total. The molecule has 2 aliphatic heterocycles. The average molecular weight is 374 g/mol. The molecule has 1 aromatic heterocycles. The molecule has 5 rings (SSSR count). The minimum Gasteiger partial charge on any atom is -0.313 e. The second-order valence-corrected chi connectivity index (χ2v) is 7.53. The molecular weight excluding hydrogens is 348 g/mol. The normalized spacial score (nSPS) is 20.2. The van der Waals surface area contributed by atoms with E-state index in [-0.39, 0.29) is 12.1 Å². The maximum atomic E-state index is 4.56. The smallest absolute Gasteiger partial charge is 0.151 e. The summed E-state index contributed by atoms with van der Waals surface area (Å²) < 4.78 is 2.31. The van der Waals surface area contributed by atoms with Crippen molar-refractivity contribution in [2.75, 3.05) is 26.2 Å². The molecule has 0 saturated carbocycles. The lowest BCUT2D eigenvalue weighted by atomic mass is 9.96. The predicted molar refractivity (Wildman–Crippen MR) is 109 cm³/mol. The Morgan fingerprint density at radius 2 is 1.57 bits per heavy atom. The second-order valence-electron chi connectivity index (χ2n) is 7.53. The molecule has 2 aliphatic rings. The van der Waals surface area contributed by atoms with Crippen molar-refractivity contribution in [3.63, 3.8) is 0 Å². The van der Waals surface area contributed by atoms with E-state index in [9.17, 15) is 0 Å². The number of hydrogen-bond acceptors (Lipinski definition) is 5. The highest BCUT2D eigenvalue weighted by molar-refractivity contribution is 5.32. The van der Waals surface area contributed by atoms with Crippen LogP contribution >= 0.6 is 0 Å². The lowest BCUT2D eigenvalue weighted by Crippen LogP contribution is -2.44. The first kappa shape index (κ1) is 17.6. The fraction of sp³-hybridized carbons (Fsp3) is 0.364. The van der Waals surface area contributed by atoms with Crippen molar-refractivity contribution in [3.8, 4) is 0 Å². The SMILES string of the molecule is c1ccc(C(c2ccccc2)N2CCn3c(nnc3C3CNCCN3)C2)cc1. The highest BCUT2D eigenvalue weighted by atomic mass is 15.4. The zero-order valence-electron chi connectivity index (χ0n) is 16.0. The van der Waals surface area contributed by atoms with E-state index in [4.69, 9.17) is 0 Å². The van der Waals surface area contributed by atoms with Crippen LogP contribution in [-0.4, -0.2) is 45.8 Å². The van der Waals surface area contributed by atoms with Gasteiger partial charge in [0.05, 0.1) is 18.6 Å². The van der Waals surface area contributed by atoms with Crippen LogP contribution in [-0.2, 0) is 13.1 Å². The Hall–Kier alpha value is -2.54. The van der Waals surface area contributed by atoms with Crippen molar-refractivity contribution in [1.29, 1.82) is 0 Å². The summed E-state index contributed by atoms with van der Waals surface area (Å²) in [5, 5.41) is 16.1. The molecule has 6 heteroatoms. The number of fused-ring (bicyclic) bond motifs is 1. The van der Waals surface area contributed by atoms with Crippen molar-refractivity contribution >= 4 is 0 Å². The van der Waals surface area contributed by atoms with Crippen LogP contribution in [0.5, 0.6) is 0 Å². The van der Waals surface area contributed by atoms with E-state index in [1.165, 1.54) is 11.1 Å². The third-order valence-corrected chi connectivity index (χ3v) is 5.76. The van der Waals surface area contributed by atoms with Gasteiger partial charge in [-0.05, 0) is 11.1 Å². The molecule has 0 amide bonds. The molecule has 0 bridgehead atoms. The maximum Gasteiger partial charge on any atom is 0.151 e. The molecule has 0 spiro atoms. The molecular formula is C22H26N6. The lowest BCUT2D eigenvalue weighted by Gasteiger charge is -2.36. The topological polar surface area (TPSA) is 58.0 Å². The largest absolute Gasteiger partial charge is 0.313 e.